The molecule has 132 valence electrons. The number of nitrogens with one attached hydrogen (secondary N) is 1. The quantitative estimate of drug-likeness (QED) is 0.626. The molecule has 3 N–H and O–H groups in total. The summed E-state index contributed by atoms with van der Waals surface area (Å²) in [4.78, 5) is 25.1. The molecule has 7 nitrogen and oxygen atoms in total. The summed E-state index contributed by atoms with van der Waals surface area (Å²) in [7, 11) is 1.84. The monoisotopic (exact) mass is 340 g/mol. The Kier molecular flexibility index (Phi) is 5.05. The molecule has 3 heterocycles. The normalized spacial score (nSPS) is 15.8. The second kappa shape index (κ2) is 7.40. The number of unbranched alkanes of at least 4 members (excludes halogenated alkanes) is 1. The van der Waals surface area contributed by atoms with Crippen LogP contribution in [0.15, 0.2) is 29.8 Å². The highest BCUT2D eigenvalue weighted by molar-refractivity contribution is 5.93. The van der Waals surface area contributed by atoms with Crippen molar-refractivity contribution in [3.8, 4) is 0 Å². The van der Waals surface area contributed by atoms with Crippen molar-refractivity contribution in [3.05, 3.63) is 41.0 Å². The summed E-state index contributed by atoms with van der Waals surface area (Å²) in [5.41, 5.74) is 11.3. The number of carbonyl (C=O) groups is 1. The standard InChI is InChI=1S/C18H24N6O/c1-3-4-9-20-16-13-8-11-24(12-14(13)21-18(19)22-16)17(25)15-7-5-6-10-23(15)2/h5-6,10H,3-4,8-9,11-12H2,1-2H3,(H3,19,20,21,22). The molecule has 1 aromatic heterocycles. The van der Waals surface area contributed by atoms with Crippen LogP contribution in [0, 0.1) is 0 Å². The molecule has 0 aromatic carbocycles. The third-order valence-corrected chi connectivity index (χ3v) is 4.37. The van der Waals surface area contributed by atoms with Crippen molar-refractivity contribution in [2.24, 2.45) is 0 Å². The van der Waals surface area contributed by atoms with E-state index in [9.17, 15) is 4.79 Å². The van der Waals surface area contributed by atoms with E-state index in [0.29, 0.717) is 25.2 Å². The summed E-state index contributed by atoms with van der Waals surface area (Å²) in [6.45, 7) is 4.07. The van der Waals surface area contributed by atoms with Crippen LogP contribution >= 0.6 is 0 Å². The second-order valence-electron chi connectivity index (χ2n) is 6.22. The maximum Gasteiger partial charge on any atom is 0.278 e. The van der Waals surface area contributed by atoms with Gasteiger partial charge < -0.3 is 20.9 Å². The Morgan fingerprint density at radius 1 is 1.44 bits per heavy atom. The molecule has 7 heteroatoms. The molecular weight excluding hydrogens is 316 g/mol. The van der Waals surface area contributed by atoms with Crippen molar-refractivity contribution in [3.63, 3.8) is 0 Å². The second-order valence-corrected chi connectivity index (χ2v) is 6.22. The number of allylic oxidation sites excluding steroid dienone is 1. The largest absolute Gasteiger partial charge is 0.370 e. The first kappa shape index (κ1) is 17.0. The average Bonchev–Trinajstić information content (AvgIpc) is 2.61. The number of aromatic nitrogens is 2. The maximum atomic E-state index is 12.8. The number of hydrogen-bond acceptors (Lipinski definition) is 6. The fraction of sp³-hybridized carbons (Fsp3) is 0.444. The Bertz CT molecular complexity index is 763. The van der Waals surface area contributed by atoms with Gasteiger partial charge in [-0.1, -0.05) is 19.1 Å². The van der Waals surface area contributed by atoms with Gasteiger partial charge in [-0.2, -0.15) is 4.98 Å². The van der Waals surface area contributed by atoms with E-state index in [-0.39, 0.29) is 11.9 Å². The molecule has 1 amide bonds. The van der Waals surface area contributed by atoms with E-state index in [1.54, 1.807) is 15.9 Å². The van der Waals surface area contributed by atoms with Crippen LogP contribution in [0.25, 0.3) is 0 Å². The maximum absolute atomic E-state index is 12.8. The van der Waals surface area contributed by atoms with E-state index < -0.39 is 0 Å². The molecular formula is C18H24N6O. The van der Waals surface area contributed by atoms with Gasteiger partial charge in [-0.15, -0.1) is 0 Å². The Hall–Kier alpha value is -2.79. The molecule has 0 spiro atoms. The summed E-state index contributed by atoms with van der Waals surface area (Å²) >= 11 is 0. The molecule has 2 aliphatic rings. The van der Waals surface area contributed by atoms with Crippen LogP contribution in [0.4, 0.5) is 11.8 Å². The Morgan fingerprint density at radius 2 is 2.28 bits per heavy atom. The summed E-state index contributed by atoms with van der Waals surface area (Å²) in [6.07, 6.45) is 8.35. The Labute approximate surface area is 147 Å². The van der Waals surface area contributed by atoms with Crippen molar-refractivity contribution in [2.45, 2.75) is 32.7 Å². The predicted molar refractivity (Wildman–Crippen MR) is 97.5 cm³/mol. The number of rotatable bonds is 5. The number of carbonyl (C=O) groups excluding carboxylic acids is 1. The first-order valence-corrected chi connectivity index (χ1v) is 8.65. The van der Waals surface area contributed by atoms with Crippen LogP contribution in [0.5, 0.6) is 0 Å². The first-order chi connectivity index (χ1) is 12.1. The van der Waals surface area contributed by atoms with Gasteiger partial charge in [-0.3, -0.25) is 4.79 Å². The molecule has 1 aromatic rings. The minimum atomic E-state index is -0.0496. The molecule has 3 rings (SSSR count). The van der Waals surface area contributed by atoms with Gasteiger partial charge in [0.15, 0.2) is 0 Å². The van der Waals surface area contributed by atoms with E-state index in [4.69, 9.17) is 5.73 Å². The Balaban J connectivity index is 1.79. The summed E-state index contributed by atoms with van der Waals surface area (Å²) in [5, 5.41) is 3.35. The molecule has 0 fully saturated rings. The number of hydrogen-bond donors (Lipinski definition) is 2. The van der Waals surface area contributed by atoms with Crippen LogP contribution in [0.3, 0.4) is 0 Å². The zero-order valence-electron chi connectivity index (χ0n) is 14.7. The number of nitrogen functional groups attached to an aromatic ring is 1. The molecule has 0 radical (unpaired) electrons. The highest BCUT2D eigenvalue weighted by Gasteiger charge is 2.28. The van der Waals surface area contributed by atoms with Crippen LogP contribution in [-0.4, -0.2) is 45.8 Å². The molecule has 0 atom stereocenters. The lowest BCUT2D eigenvalue weighted by molar-refractivity contribution is -0.129. The first-order valence-electron chi connectivity index (χ1n) is 8.65. The van der Waals surface area contributed by atoms with E-state index in [0.717, 1.165) is 36.5 Å². The lowest BCUT2D eigenvalue weighted by Gasteiger charge is -2.31. The fourth-order valence-electron chi connectivity index (χ4n) is 2.99. The van der Waals surface area contributed by atoms with E-state index >= 15 is 0 Å². The van der Waals surface area contributed by atoms with Gasteiger partial charge >= 0.3 is 0 Å². The lowest BCUT2D eigenvalue weighted by atomic mass is 10.0. The zero-order valence-corrected chi connectivity index (χ0v) is 14.7. The smallest absolute Gasteiger partial charge is 0.278 e. The highest BCUT2D eigenvalue weighted by Crippen LogP contribution is 2.25. The lowest BCUT2D eigenvalue weighted by Crippen LogP contribution is -2.40. The van der Waals surface area contributed by atoms with Gasteiger partial charge in [0.2, 0.25) is 5.95 Å². The molecule has 0 unspecified atom stereocenters. The van der Waals surface area contributed by atoms with Crippen LogP contribution in [0.1, 0.15) is 31.0 Å². The van der Waals surface area contributed by atoms with Crippen molar-refractivity contribution in [2.75, 3.05) is 31.2 Å². The number of anilines is 2. The third-order valence-electron chi connectivity index (χ3n) is 4.37. The topological polar surface area (TPSA) is 87.4 Å². The molecule has 0 bridgehead atoms. The molecule has 0 saturated heterocycles. The molecule has 0 saturated carbocycles. The molecule has 0 aliphatic carbocycles. The van der Waals surface area contributed by atoms with Crippen molar-refractivity contribution in [1.82, 2.24) is 19.8 Å². The number of amides is 1. The molecule has 25 heavy (non-hydrogen) atoms. The number of nitrogens with zero attached hydrogens (tertiary/aromatic N) is 4. The van der Waals surface area contributed by atoms with Gasteiger partial charge in [0.25, 0.3) is 5.91 Å². The number of nitrogens with two attached hydrogens (primary N) is 1. The SMILES string of the molecule is CCCCNc1nc(N)nc2c1CCN(C(=O)C1=C=CC=CN1C)C2. The van der Waals surface area contributed by atoms with Crippen LogP contribution < -0.4 is 11.1 Å². The minimum Gasteiger partial charge on any atom is -0.370 e. The summed E-state index contributed by atoms with van der Waals surface area (Å²) in [6, 6.07) is 0. The fourth-order valence-corrected chi connectivity index (χ4v) is 2.99. The van der Waals surface area contributed by atoms with Crippen molar-refractivity contribution < 1.29 is 4.79 Å². The van der Waals surface area contributed by atoms with Crippen LogP contribution in [0.2, 0.25) is 0 Å². The van der Waals surface area contributed by atoms with Crippen molar-refractivity contribution in [1.29, 1.82) is 0 Å². The minimum absolute atomic E-state index is 0.0496. The van der Waals surface area contributed by atoms with E-state index in [2.05, 4.69) is 27.9 Å². The van der Waals surface area contributed by atoms with E-state index in [1.165, 1.54) is 0 Å². The highest BCUT2D eigenvalue weighted by atomic mass is 16.2. The van der Waals surface area contributed by atoms with Crippen LogP contribution in [-0.2, 0) is 17.8 Å². The van der Waals surface area contributed by atoms with E-state index in [1.807, 2.05) is 19.3 Å². The number of likely N-dealkylation sites (N-methyl/N-ethyl adjacent to an activating group) is 1. The number of fused-ring (bicyclic) bond motifs is 1. The summed E-state index contributed by atoms with van der Waals surface area (Å²) < 4.78 is 0. The average molecular weight is 340 g/mol. The Morgan fingerprint density at radius 3 is 3.04 bits per heavy atom. The zero-order chi connectivity index (χ0) is 17.8. The summed E-state index contributed by atoms with van der Waals surface area (Å²) in [5.74, 6) is 0.996. The van der Waals surface area contributed by atoms with Gasteiger partial charge in [0.05, 0.1) is 12.2 Å². The third kappa shape index (κ3) is 3.67. The van der Waals surface area contributed by atoms with Gasteiger partial charge in [0, 0.05) is 31.9 Å². The van der Waals surface area contributed by atoms with Crippen molar-refractivity contribution >= 4 is 17.7 Å². The predicted octanol–water partition coefficient (Wildman–Crippen LogP) is 1.65. The van der Waals surface area contributed by atoms with Gasteiger partial charge in [0.1, 0.15) is 11.5 Å². The molecule has 2 aliphatic heterocycles. The van der Waals surface area contributed by atoms with Gasteiger partial charge in [-0.05, 0) is 25.0 Å². The van der Waals surface area contributed by atoms with Gasteiger partial charge in [-0.25, -0.2) is 4.98 Å².